The molecule has 0 aromatic carbocycles. The van der Waals surface area contributed by atoms with Crippen LogP contribution in [-0.2, 0) is 0 Å². The fourth-order valence-electron chi connectivity index (χ4n) is 6.13. The predicted molar refractivity (Wildman–Crippen MR) is 125 cm³/mol. The molecule has 0 spiro atoms. The Bertz CT molecular complexity index is 682. The van der Waals surface area contributed by atoms with Gasteiger partial charge in [-0.25, -0.2) is 0 Å². The van der Waals surface area contributed by atoms with Crippen LogP contribution in [0.1, 0.15) is 82.1 Å². The Balaban J connectivity index is 1.23. The third-order valence-corrected chi connectivity index (χ3v) is 8.02. The molecule has 3 fully saturated rings. The highest BCUT2D eigenvalue weighted by Gasteiger charge is 2.33. The summed E-state index contributed by atoms with van der Waals surface area (Å²) in [5.74, 6) is 3.58. The summed E-state index contributed by atoms with van der Waals surface area (Å²) in [6.07, 6.45) is 11.4. The molecule has 1 aliphatic heterocycles. The summed E-state index contributed by atoms with van der Waals surface area (Å²) in [4.78, 5) is 17.4. The van der Waals surface area contributed by atoms with Gasteiger partial charge in [-0.1, -0.05) is 46.0 Å². The van der Waals surface area contributed by atoms with Crippen LogP contribution in [0.5, 0.6) is 0 Å². The second-order valence-corrected chi connectivity index (χ2v) is 10.0. The second kappa shape index (κ2) is 10.8. The number of amides is 1. The van der Waals surface area contributed by atoms with E-state index in [1.807, 2.05) is 12.1 Å². The molecule has 31 heavy (non-hydrogen) atoms. The Kier molecular flexibility index (Phi) is 7.81. The van der Waals surface area contributed by atoms with Crippen LogP contribution in [-0.4, -0.2) is 59.8 Å². The molecule has 6 nitrogen and oxygen atoms in total. The highest BCUT2D eigenvalue weighted by Crippen LogP contribution is 2.40. The number of anilines is 1. The number of hydrogen-bond acceptors (Lipinski definition) is 5. The summed E-state index contributed by atoms with van der Waals surface area (Å²) >= 11 is 0. The lowest BCUT2D eigenvalue weighted by Gasteiger charge is -2.36. The molecule has 3 aliphatic rings. The Morgan fingerprint density at radius 3 is 2.23 bits per heavy atom. The molecule has 2 unspecified atom stereocenters. The normalized spacial score (nSPS) is 28.1. The average Bonchev–Trinajstić information content (AvgIpc) is 3.22. The predicted octanol–water partition coefficient (Wildman–Crippen LogP) is 4.12. The SMILES string of the molecule is CCC1CC(CN2CCN(c3ccc(C(=O)NC4CCCCC4)nn3)CC2)CC1CC. The van der Waals surface area contributed by atoms with Gasteiger partial charge in [-0.3, -0.25) is 9.69 Å². The van der Waals surface area contributed by atoms with Gasteiger partial charge in [0.25, 0.3) is 5.91 Å². The Hall–Kier alpha value is -1.69. The number of aromatic nitrogens is 2. The maximum atomic E-state index is 12.5. The van der Waals surface area contributed by atoms with Crippen molar-refractivity contribution < 1.29 is 4.79 Å². The number of nitrogens with one attached hydrogen (secondary N) is 1. The van der Waals surface area contributed by atoms with E-state index in [-0.39, 0.29) is 5.91 Å². The third kappa shape index (κ3) is 5.76. The molecular weight excluding hydrogens is 386 g/mol. The van der Waals surface area contributed by atoms with Gasteiger partial charge < -0.3 is 10.2 Å². The van der Waals surface area contributed by atoms with Crippen molar-refractivity contribution in [2.75, 3.05) is 37.6 Å². The zero-order valence-corrected chi connectivity index (χ0v) is 19.6. The molecule has 1 amide bonds. The van der Waals surface area contributed by atoms with E-state index in [1.165, 1.54) is 51.5 Å². The Labute approximate surface area is 188 Å². The standard InChI is InChI=1S/C25H41N5O/c1-3-20-16-19(17-21(20)4-2)18-29-12-14-30(15-13-29)24-11-10-23(27-28-24)25(31)26-22-8-6-5-7-9-22/h10-11,19-22H,3-9,12-18H2,1-2H3,(H,26,31). The molecule has 1 saturated heterocycles. The zero-order valence-electron chi connectivity index (χ0n) is 19.6. The van der Waals surface area contributed by atoms with Crippen molar-refractivity contribution in [3.05, 3.63) is 17.8 Å². The van der Waals surface area contributed by atoms with Crippen molar-refractivity contribution in [3.8, 4) is 0 Å². The minimum atomic E-state index is -0.0805. The topological polar surface area (TPSA) is 61.4 Å². The van der Waals surface area contributed by atoms with E-state index in [2.05, 4.69) is 39.2 Å². The van der Waals surface area contributed by atoms with Gasteiger partial charge in [0.1, 0.15) is 0 Å². The quantitative estimate of drug-likeness (QED) is 0.709. The number of rotatable bonds is 7. The summed E-state index contributed by atoms with van der Waals surface area (Å²) in [5.41, 5.74) is 0.435. The first-order valence-corrected chi connectivity index (χ1v) is 12.8. The van der Waals surface area contributed by atoms with E-state index in [1.54, 1.807) is 0 Å². The van der Waals surface area contributed by atoms with E-state index >= 15 is 0 Å². The number of hydrogen-bond donors (Lipinski definition) is 1. The van der Waals surface area contributed by atoms with Crippen molar-refractivity contribution in [2.24, 2.45) is 17.8 Å². The molecule has 0 bridgehead atoms. The second-order valence-electron chi connectivity index (χ2n) is 10.0. The minimum Gasteiger partial charge on any atom is -0.353 e. The van der Waals surface area contributed by atoms with Crippen molar-refractivity contribution in [3.63, 3.8) is 0 Å². The summed E-state index contributed by atoms with van der Waals surface area (Å²) in [7, 11) is 0. The number of piperazine rings is 1. The molecule has 2 aliphatic carbocycles. The van der Waals surface area contributed by atoms with Crippen molar-refractivity contribution in [1.29, 1.82) is 0 Å². The van der Waals surface area contributed by atoms with Crippen LogP contribution in [0.4, 0.5) is 5.82 Å². The molecule has 2 saturated carbocycles. The monoisotopic (exact) mass is 427 g/mol. The minimum absolute atomic E-state index is 0.0805. The van der Waals surface area contributed by atoms with Crippen molar-refractivity contribution >= 4 is 11.7 Å². The Morgan fingerprint density at radius 1 is 0.968 bits per heavy atom. The molecule has 2 heterocycles. The van der Waals surface area contributed by atoms with Crippen LogP contribution in [0.25, 0.3) is 0 Å². The third-order valence-electron chi connectivity index (χ3n) is 8.02. The first-order valence-electron chi connectivity index (χ1n) is 12.8. The van der Waals surface area contributed by atoms with Gasteiger partial charge in [-0.2, -0.15) is 0 Å². The van der Waals surface area contributed by atoms with Crippen LogP contribution in [0, 0.1) is 17.8 Å². The molecule has 0 radical (unpaired) electrons. The molecule has 172 valence electrons. The summed E-state index contributed by atoms with van der Waals surface area (Å²) < 4.78 is 0. The smallest absolute Gasteiger partial charge is 0.272 e. The fourth-order valence-corrected chi connectivity index (χ4v) is 6.13. The van der Waals surface area contributed by atoms with Gasteiger partial charge >= 0.3 is 0 Å². The molecule has 6 heteroatoms. The molecule has 2 atom stereocenters. The van der Waals surface area contributed by atoms with E-state index in [0.29, 0.717) is 11.7 Å². The van der Waals surface area contributed by atoms with Gasteiger partial charge in [0.15, 0.2) is 11.5 Å². The molecule has 1 aromatic rings. The van der Waals surface area contributed by atoms with E-state index in [4.69, 9.17) is 0 Å². The van der Waals surface area contributed by atoms with Crippen LogP contribution in [0.15, 0.2) is 12.1 Å². The fraction of sp³-hybridized carbons (Fsp3) is 0.800. The summed E-state index contributed by atoms with van der Waals surface area (Å²) in [6.45, 7) is 10.1. The lowest BCUT2D eigenvalue weighted by atomic mass is 9.92. The average molecular weight is 428 g/mol. The lowest BCUT2D eigenvalue weighted by Crippen LogP contribution is -2.48. The maximum Gasteiger partial charge on any atom is 0.272 e. The van der Waals surface area contributed by atoms with E-state index < -0.39 is 0 Å². The first-order chi connectivity index (χ1) is 15.2. The van der Waals surface area contributed by atoms with Crippen molar-refractivity contribution in [2.45, 2.75) is 77.7 Å². The highest BCUT2D eigenvalue weighted by atomic mass is 16.2. The highest BCUT2D eigenvalue weighted by molar-refractivity contribution is 5.92. The largest absolute Gasteiger partial charge is 0.353 e. The molecule has 1 N–H and O–H groups in total. The summed E-state index contributed by atoms with van der Waals surface area (Å²) in [6, 6.07) is 4.10. The van der Waals surface area contributed by atoms with Gasteiger partial charge in [-0.15, -0.1) is 10.2 Å². The van der Waals surface area contributed by atoms with Crippen LogP contribution in [0.3, 0.4) is 0 Å². The van der Waals surface area contributed by atoms with Crippen LogP contribution >= 0.6 is 0 Å². The molecule has 1 aromatic heterocycles. The summed E-state index contributed by atoms with van der Waals surface area (Å²) in [5, 5.41) is 11.8. The number of nitrogens with zero attached hydrogens (tertiary/aromatic N) is 4. The van der Waals surface area contributed by atoms with E-state index in [9.17, 15) is 4.79 Å². The zero-order chi connectivity index (χ0) is 21.6. The van der Waals surface area contributed by atoms with Gasteiger partial charge in [0.2, 0.25) is 0 Å². The van der Waals surface area contributed by atoms with E-state index in [0.717, 1.165) is 62.6 Å². The van der Waals surface area contributed by atoms with Crippen LogP contribution in [0.2, 0.25) is 0 Å². The van der Waals surface area contributed by atoms with Gasteiger partial charge in [0, 0.05) is 38.8 Å². The number of carbonyl (C=O) groups excluding carboxylic acids is 1. The van der Waals surface area contributed by atoms with Crippen molar-refractivity contribution in [1.82, 2.24) is 20.4 Å². The van der Waals surface area contributed by atoms with Crippen LogP contribution < -0.4 is 10.2 Å². The lowest BCUT2D eigenvalue weighted by molar-refractivity contribution is 0.0921. The number of carbonyl (C=O) groups is 1. The first kappa shape index (κ1) is 22.5. The maximum absolute atomic E-state index is 12.5. The molecule has 4 rings (SSSR count). The molecular formula is C25H41N5O. The Morgan fingerprint density at radius 2 is 1.65 bits per heavy atom. The van der Waals surface area contributed by atoms with Gasteiger partial charge in [-0.05, 0) is 55.6 Å². The van der Waals surface area contributed by atoms with Gasteiger partial charge in [0.05, 0.1) is 0 Å².